The Kier molecular flexibility index (Phi) is 5.99. The molecule has 0 radical (unpaired) electrons. The maximum Gasteiger partial charge on any atom is 0.343 e. The van der Waals surface area contributed by atoms with Crippen LogP contribution in [0.2, 0.25) is 0 Å². The zero-order valence-corrected chi connectivity index (χ0v) is 15.4. The molecule has 0 unspecified atom stereocenters. The average Bonchev–Trinajstić information content (AvgIpc) is 2.60. The van der Waals surface area contributed by atoms with Crippen LogP contribution in [0.25, 0.3) is 0 Å². The Bertz CT molecular complexity index is 936. The molecule has 0 heterocycles. The topological polar surface area (TPSA) is 98.8 Å². The van der Waals surface area contributed by atoms with Gasteiger partial charge in [0.15, 0.2) is 12.4 Å². The van der Waals surface area contributed by atoms with Gasteiger partial charge in [0, 0.05) is 11.3 Å². The van der Waals surface area contributed by atoms with Crippen molar-refractivity contribution in [2.75, 3.05) is 18.4 Å². The van der Waals surface area contributed by atoms with Gasteiger partial charge >= 0.3 is 5.97 Å². The first-order valence-corrected chi connectivity index (χ1v) is 9.15. The average molecular weight is 377 g/mol. The van der Waals surface area contributed by atoms with Crippen LogP contribution in [-0.4, -0.2) is 33.9 Å². The van der Waals surface area contributed by atoms with Gasteiger partial charge in [0.2, 0.25) is 0 Å². The number of esters is 1. The van der Waals surface area contributed by atoms with Crippen molar-refractivity contribution in [1.82, 2.24) is 0 Å². The smallest absolute Gasteiger partial charge is 0.343 e. The fourth-order valence-electron chi connectivity index (χ4n) is 2.16. The summed E-state index contributed by atoms with van der Waals surface area (Å²) in [5.41, 5.74) is 1.25. The molecule has 0 aliphatic carbocycles. The maximum atomic E-state index is 12.5. The minimum absolute atomic E-state index is 0.0358. The number of hydrogen-bond acceptors (Lipinski definition) is 6. The molecule has 2 aromatic carbocycles. The van der Waals surface area contributed by atoms with Crippen LogP contribution in [0.1, 0.15) is 22.8 Å². The normalized spacial score (nSPS) is 10.9. The summed E-state index contributed by atoms with van der Waals surface area (Å²) in [5, 5.41) is 0. The SMILES string of the molecule is COC(=O)COc1ccc(S(=O)(=O)Nc2cccc(C(C)=O)c2)cc1C. The monoisotopic (exact) mass is 377 g/mol. The van der Waals surface area contributed by atoms with Gasteiger partial charge in [-0.25, -0.2) is 13.2 Å². The largest absolute Gasteiger partial charge is 0.482 e. The van der Waals surface area contributed by atoms with E-state index < -0.39 is 16.0 Å². The third-order valence-corrected chi connectivity index (χ3v) is 4.93. The van der Waals surface area contributed by atoms with Gasteiger partial charge in [0.1, 0.15) is 5.75 Å². The quantitative estimate of drug-likeness (QED) is 0.588. The first-order valence-electron chi connectivity index (χ1n) is 7.67. The number of nitrogens with one attached hydrogen (secondary N) is 1. The molecule has 7 nitrogen and oxygen atoms in total. The first kappa shape index (κ1) is 19.5. The van der Waals surface area contributed by atoms with Gasteiger partial charge in [-0.05, 0) is 49.7 Å². The van der Waals surface area contributed by atoms with Gasteiger partial charge in [0.25, 0.3) is 10.0 Å². The molecule has 0 aliphatic heterocycles. The minimum atomic E-state index is -3.84. The van der Waals surface area contributed by atoms with Crippen LogP contribution >= 0.6 is 0 Å². The van der Waals surface area contributed by atoms with E-state index >= 15 is 0 Å². The number of anilines is 1. The molecule has 26 heavy (non-hydrogen) atoms. The summed E-state index contributed by atoms with van der Waals surface area (Å²) in [5.74, 6) is -0.310. The van der Waals surface area contributed by atoms with E-state index in [1.54, 1.807) is 25.1 Å². The molecule has 2 aromatic rings. The summed E-state index contributed by atoms with van der Waals surface area (Å²) >= 11 is 0. The van der Waals surface area contributed by atoms with Crippen molar-refractivity contribution in [1.29, 1.82) is 0 Å². The molecule has 0 saturated carbocycles. The summed E-state index contributed by atoms with van der Waals surface area (Å²) in [7, 11) is -2.59. The number of benzene rings is 2. The molecule has 0 bridgehead atoms. The Balaban J connectivity index is 2.21. The third kappa shape index (κ3) is 4.82. The van der Waals surface area contributed by atoms with Gasteiger partial charge in [-0.2, -0.15) is 0 Å². The summed E-state index contributed by atoms with van der Waals surface area (Å²) < 4.78 is 37.3. The number of methoxy groups -OCH3 is 1. The van der Waals surface area contributed by atoms with E-state index in [1.807, 2.05) is 0 Å². The second-order valence-corrected chi connectivity index (χ2v) is 7.22. The number of carbonyl (C=O) groups is 2. The summed E-state index contributed by atoms with van der Waals surface area (Å²) in [6.07, 6.45) is 0. The Hall–Kier alpha value is -2.87. The maximum absolute atomic E-state index is 12.5. The highest BCUT2D eigenvalue weighted by molar-refractivity contribution is 7.92. The second kappa shape index (κ2) is 8.01. The molecule has 0 aromatic heterocycles. The first-order chi connectivity index (χ1) is 12.2. The number of Topliss-reactive ketones (excluding diaryl/α,β-unsaturated/α-hetero) is 1. The van der Waals surface area contributed by atoms with Crippen LogP contribution in [0.3, 0.4) is 0 Å². The van der Waals surface area contributed by atoms with Crippen molar-refractivity contribution in [2.24, 2.45) is 0 Å². The Morgan fingerprint density at radius 2 is 1.85 bits per heavy atom. The van der Waals surface area contributed by atoms with Crippen molar-refractivity contribution in [3.63, 3.8) is 0 Å². The van der Waals surface area contributed by atoms with Gasteiger partial charge in [-0.3, -0.25) is 9.52 Å². The lowest BCUT2D eigenvalue weighted by atomic mass is 10.1. The molecule has 0 fully saturated rings. The van der Waals surface area contributed by atoms with Crippen LogP contribution in [-0.2, 0) is 19.6 Å². The Morgan fingerprint density at radius 3 is 2.46 bits per heavy atom. The standard InChI is InChI=1S/C18H19NO6S/c1-12-9-16(7-8-17(12)25-11-18(21)24-3)26(22,23)19-15-6-4-5-14(10-15)13(2)20/h4-10,19H,11H2,1-3H3. The van der Waals surface area contributed by atoms with Crippen LogP contribution in [0.5, 0.6) is 5.75 Å². The van der Waals surface area contributed by atoms with Crippen molar-refractivity contribution in [3.8, 4) is 5.75 Å². The van der Waals surface area contributed by atoms with E-state index in [4.69, 9.17) is 4.74 Å². The lowest BCUT2D eigenvalue weighted by Gasteiger charge is -2.12. The molecule has 0 amide bonds. The number of carbonyl (C=O) groups excluding carboxylic acids is 2. The highest BCUT2D eigenvalue weighted by Crippen LogP contribution is 2.24. The number of aryl methyl sites for hydroxylation is 1. The molecule has 1 N–H and O–H groups in total. The number of ether oxygens (including phenoxy) is 2. The predicted octanol–water partition coefficient (Wildman–Crippen LogP) is 2.55. The van der Waals surface area contributed by atoms with Crippen LogP contribution in [0, 0.1) is 6.92 Å². The summed E-state index contributed by atoms with van der Waals surface area (Å²) in [4.78, 5) is 22.6. The third-order valence-electron chi connectivity index (χ3n) is 3.55. The van der Waals surface area contributed by atoms with E-state index in [0.29, 0.717) is 22.6 Å². The lowest BCUT2D eigenvalue weighted by Crippen LogP contribution is -2.15. The van der Waals surface area contributed by atoms with Crippen molar-refractivity contribution >= 4 is 27.5 Å². The molecule has 8 heteroatoms. The summed E-state index contributed by atoms with van der Waals surface area (Å²) in [6.45, 7) is 2.81. The van der Waals surface area contributed by atoms with E-state index in [0.717, 1.165) is 0 Å². The van der Waals surface area contributed by atoms with Gasteiger partial charge in [0.05, 0.1) is 12.0 Å². The van der Waals surface area contributed by atoms with Crippen molar-refractivity contribution in [3.05, 3.63) is 53.6 Å². The molecule has 0 saturated heterocycles. The fraction of sp³-hybridized carbons (Fsp3) is 0.222. The molecule has 138 valence electrons. The van der Waals surface area contributed by atoms with Crippen molar-refractivity contribution < 1.29 is 27.5 Å². The van der Waals surface area contributed by atoms with Crippen LogP contribution in [0.15, 0.2) is 47.4 Å². The van der Waals surface area contributed by atoms with Gasteiger partial charge < -0.3 is 9.47 Å². The zero-order chi connectivity index (χ0) is 19.3. The number of rotatable bonds is 7. The van der Waals surface area contributed by atoms with Crippen molar-refractivity contribution in [2.45, 2.75) is 18.7 Å². The molecular formula is C18H19NO6S. The highest BCUT2D eigenvalue weighted by Gasteiger charge is 2.16. The number of sulfonamides is 1. The fourth-order valence-corrected chi connectivity index (χ4v) is 3.30. The Morgan fingerprint density at radius 1 is 1.12 bits per heavy atom. The molecule has 0 aliphatic rings. The van der Waals surface area contributed by atoms with Gasteiger partial charge in [-0.1, -0.05) is 12.1 Å². The van der Waals surface area contributed by atoms with E-state index in [1.165, 1.54) is 38.3 Å². The molecule has 2 rings (SSSR count). The molecular weight excluding hydrogens is 358 g/mol. The number of ketones is 1. The number of hydrogen-bond donors (Lipinski definition) is 1. The van der Waals surface area contributed by atoms with E-state index in [9.17, 15) is 18.0 Å². The zero-order valence-electron chi connectivity index (χ0n) is 14.6. The van der Waals surface area contributed by atoms with E-state index in [-0.39, 0.29) is 17.3 Å². The minimum Gasteiger partial charge on any atom is -0.482 e. The van der Waals surface area contributed by atoms with Gasteiger partial charge in [-0.15, -0.1) is 0 Å². The Labute approximate surface area is 152 Å². The van der Waals surface area contributed by atoms with E-state index in [2.05, 4.69) is 9.46 Å². The highest BCUT2D eigenvalue weighted by atomic mass is 32.2. The second-order valence-electron chi connectivity index (χ2n) is 5.53. The molecule has 0 spiro atoms. The predicted molar refractivity (Wildman–Crippen MR) is 95.9 cm³/mol. The van der Waals surface area contributed by atoms with Crippen LogP contribution < -0.4 is 9.46 Å². The van der Waals surface area contributed by atoms with Crippen LogP contribution in [0.4, 0.5) is 5.69 Å². The summed E-state index contributed by atoms with van der Waals surface area (Å²) in [6, 6.07) is 10.5. The molecule has 0 atom stereocenters. The lowest BCUT2D eigenvalue weighted by molar-refractivity contribution is -0.142.